The van der Waals surface area contributed by atoms with Gasteiger partial charge >= 0.3 is 0 Å². The summed E-state index contributed by atoms with van der Waals surface area (Å²) in [6.45, 7) is 3.81. The van der Waals surface area contributed by atoms with Crippen LogP contribution in [0, 0.1) is 0 Å². The lowest BCUT2D eigenvalue weighted by molar-refractivity contribution is 0.160. The van der Waals surface area contributed by atoms with Crippen LogP contribution in [0.1, 0.15) is 31.0 Å². The Bertz CT molecular complexity index is 815. The minimum absolute atomic E-state index is 0.0447. The number of piperidine rings is 1. The third-order valence-electron chi connectivity index (χ3n) is 5.04. The molecule has 1 atom stereocenters. The highest BCUT2D eigenvalue weighted by molar-refractivity contribution is 7.89. The molecule has 0 aliphatic carbocycles. The van der Waals surface area contributed by atoms with Crippen LogP contribution in [0.15, 0.2) is 41.7 Å². The fourth-order valence-electron chi connectivity index (χ4n) is 3.76. The summed E-state index contributed by atoms with van der Waals surface area (Å²) in [6.07, 6.45) is 8.49. The van der Waals surface area contributed by atoms with Gasteiger partial charge in [0.2, 0.25) is 10.0 Å². The van der Waals surface area contributed by atoms with Gasteiger partial charge in [-0.3, -0.25) is 9.67 Å². The summed E-state index contributed by atoms with van der Waals surface area (Å²) >= 11 is 0. The highest BCUT2D eigenvalue weighted by Gasteiger charge is 2.34. The molecule has 2 aromatic rings. The lowest BCUT2D eigenvalue weighted by Gasteiger charge is -2.37. The van der Waals surface area contributed by atoms with Crippen molar-refractivity contribution >= 4 is 10.0 Å². The molecule has 0 aromatic carbocycles. The van der Waals surface area contributed by atoms with Gasteiger partial charge in [0, 0.05) is 31.7 Å². The molecule has 0 amide bonds. The monoisotopic (exact) mass is 361 g/mol. The van der Waals surface area contributed by atoms with Gasteiger partial charge in [0.05, 0.1) is 18.3 Å². The minimum Gasteiger partial charge on any atom is -0.301 e. The largest absolute Gasteiger partial charge is 0.301 e. The van der Waals surface area contributed by atoms with E-state index in [1.807, 2.05) is 10.7 Å². The van der Waals surface area contributed by atoms with Gasteiger partial charge in [-0.15, -0.1) is 0 Å². The molecule has 134 valence electrons. The Labute approximate surface area is 148 Å². The zero-order chi connectivity index (χ0) is 17.3. The molecule has 0 radical (unpaired) electrons. The van der Waals surface area contributed by atoms with E-state index in [1.165, 1.54) is 25.5 Å². The second-order valence-electron chi connectivity index (χ2n) is 6.77. The molecule has 0 unspecified atom stereocenters. The summed E-state index contributed by atoms with van der Waals surface area (Å²) in [6, 6.07) is 5.22. The molecular formula is C17H23N5O2S. The van der Waals surface area contributed by atoms with Crippen molar-refractivity contribution in [1.82, 2.24) is 24.0 Å². The molecule has 4 heterocycles. The number of likely N-dealkylation sites (tertiary alicyclic amines) is 1. The fraction of sp³-hybridized carbons (Fsp3) is 0.529. The first-order valence-electron chi connectivity index (χ1n) is 8.79. The molecule has 2 aliphatic rings. The van der Waals surface area contributed by atoms with Crippen LogP contribution in [-0.2, 0) is 16.6 Å². The number of fused-ring (bicyclic) bond motifs is 1. The van der Waals surface area contributed by atoms with Gasteiger partial charge in [-0.25, -0.2) is 8.42 Å². The van der Waals surface area contributed by atoms with Crippen LogP contribution in [0.25, 0.3) is 0 Å². The van der Waals surface area contributed by atoms with Gasteiger partial charge in [0.25, 0.3) is 0 Å². The molecular weight excluding hydrogens is 338 g/mol. The molecule has 4 rings (SSSR count). The first-order chi connectivity index (χ1) is 12.1. The first-order valence-corrected chi connectivity index (χ1v) is 10.2. The van der Waals surface area contributed by atoms with Crippen molar-refractivity contribution in [2.45, 2.75) is 36.7 Å². The molecule has 7 nitrogen and oxygen atoms in total. The van der Waals surface area contributed by atoms with Crippen molar-refractivity contribution in [3.63, 3.8) is 0 Å². The summed E-state index contributed by atoms with van der Waals surface area (Å²) < 4.78 is 29.6. The Kier molecular flexibility index (Phi) is 4.58. The quantitative estimate of drug-likeness (QED) is 0.825. The van der Waals surface area contributed by atoms with Crippen molar-refractivity contribution in [3.8, 4) is 0 Å². The smallest absolute Gasteiger partial charge is 0.245 e. The molecule has 0 bridgehead atoms. The van der Waals surface area contributed by atoms with Crippen LogP contribution in [0.5, 0.6) is 0 Å². The van der Waals surface area contributed by atoms with E-state index in [4.69, 9.17) is 0 Å². The van der Waals surface area contributed by atoms with E-state index in [0.717, 1.165) is 25.3 Å². The van der Waals surface area contributed by atoms with Gasteiger partial charge in [-0.2, -0.15) is 9.40 Å². The molecule has 25 heavy (non-hydrogen) atoms. The maximum Gasteiger partial charge on any atom is 0.245 e. The van der Waals surface area contributed by atoms with E-state index in [0.29, 0.717) is 13.1 Å². The Morgan fingerprint density at radius 1 is 1.12 bits per heavy atom. The van der Waals surface area contributed by atoms with E-state index >= 15 is 0 Å². The summed E-state index contributed by atoms with van der Waals surface area (Å²) in [5, 5.41) is 4.45. The average molecular weight is 361 g/mol. The number of sulfonamides is 1. The lowest BCUT2D eigenvalue weighted by Crippen LogP contribution is -2.46. The molecule has 8 heteroatoms. The van der Waals surface area contributed by atoms with Crippen LogP contribution >= 0.6 is 0 Å². The maximum absolute atomic E-state index is 13.0. The predicted octanol–water partition coefficient (Wildman–Crippen LogP) is 1.51. The van der Waals surface area contributed by atoms with E-state index < -0.39 is 10.0 Å². The first kappa shape index (κ1) is 16.7. The van der Waals surface area contributed by atoms with E-state index in [-0.39, 0.29) is 10.9 Å². The van der Waals surface area contributed by atoms with Crippen LogP contribution in [0.4, 0.5) is 0 Å². The van der Waals surface area contributed by atoms with E-state index in [9.17, 15) is 8.42 Å². The standard InChI is InChI=1S/C17H23N5O2S/c23-25(24,17-5-4-7-18-11-17)21-13-15-6-8-19-22(15)16(14-21)12-20-9-2-1-3-10-20/h4-8,11,16H,1-3,9-10,12-14H2/t16-/m0/s1. The Morgan fingerprint density at radius 2 is 1.96 bits per heavy atom. The molecule has 0 N–H and O–H groups in total. The second kappa shape index (κ2) is 6.86. The number of hydrogen-bond donors (Lipinski definition) is 0. The molecule has 0 spiro atoms. The van der Waals surface area contributed by atoms with Gasteiger partial charge in [-0.1, -0.05) is 6.42 Å². The summed E-state index contributed by atoms with van der Waals surface area (Å²) in [4.78, 5) is 6.64. The third-order valence-corrected chi connectivity index (χ3v) is 6.84. The zero-order valence-electron chi connectivity index (χ0n) is 14.2. The van der Waals surface area contributed by atoms with Crippen LogP contribution < -0.4 is 0 Å². The number of aromatic nitrogens is 3. The Balaban J connectivity index is 1.59. The van der Waals surface area contributed by atoms with Gasteiger partial charge in [0.1, 0.15) is 4.90 Å². The normalized spacial score (nSPS) is 22.6. The van der Waals surface area contributed by atoms with Crippen molar-refractivity contribution in [1.29, 1.82) is 0 Å². The van der Waals surface area contributed by atoms with Gasteiger partial charge in [0.15, 0.2) is 0 Å². The second-order valence-corrected chi connectivity index (χ2v) is 8.71. The van der Waals surface area contributed by atoms with Crippen LogP contribution in [0.3, 0.4) is 0 Å². The molecule has 1 saturated heterocycles. The lowest BCUT2D eigenvalue weighted by atomic mass is 10.1. The molecule has 2 aliphatic heterocycles. The molecule has 1 fully saturated rings. The number of nitrogens with zero attached hydrogens (tertiary/aromatic N) is 5. The fourth-order valence-corrected chi connectivity index (χ4v) is 5.17. The Hall–Kier alpha value is -1.77. The number of pyridine rings is 1. The Morgan fingerprint density at radius 3 is 2.72 bits per heavy atom. The minimum atomic E-state index is -3.55. The SMILES string of the molecule is O=S(=O)(c1cccnc1)N1Cc2ccnn2[C@@H](CN2CCCCC2)C1. The van der Waals surface area contributed by atoms with Crippen molar-refractivity contribution in [2.75, 3.05) is 26.2 Å². The zero-order valence-corrected chi connectivity index (χ0v) is 15.0. The summed E-state index contributed by atoms with van der Waals surface area (Å²) in [7, 11) is -3.55. The maximum atomic E-state index is 13.0. The molecule has 2 aromatic heterocycles. The van der Waals surface area contributed by atoms with Crippen molar-refractivity contribution in [2.24, 2.45) is 0 Å². The van der Waals surface area contributed by atoms with Gasteiger partial charge < -0.3 is 4.90 Å². The third kappa shape index (κ3) is 3.33. The highest BCUT2D eigenvalue weighted by Crippen LogP contribution is 2.27. The predicted molar refractivity (Wildman–Crippen MR) is 93.4 cm³/mol. The topological polar surface area (TPSA) is 71.3 Å². The van der Waals surface area contributed by atoms with Crippen LogP contribution in [-0.4, -0.2) is 58.6 Å². The molecule has 0 saturated carbocycles. The van der Waals surface area contributed by atoms with Crippen molar-refractivity contribution < 1.29 is 8.42 Å². The van der Waals surface area contributed by atoms with E-state index in [1.54, 1.807) is 28.8 Å². The summed E-state index contributed by atoms with van der Waals surface area (Å²) in [5.74, 6) is 0. The highest BCUT2D eigenvalue weighted by atomic mass is 32.2. The van der Waals surface area contributed by atoms with Crippen LogP contribution in [0.2, 0.25) is 0 Å². The average Bonchev–Trinajstić information content (AvgIpc) is 3.12. The number of rotatable bonds is 4. The summed E-state index contributed by atoms with van der Waals surface area (Å²) in [5.41, 5.74) is 0.945. The van der Waals surface area contributed by atoms with E-state index in [2.05, 4.69) is 15.0 Å². The van der Waals surface area contributed by atoms with Gasteiger partial charge in [-0.05, 0) is 44.1 Å². The van der Waals surface area contributed by atoms with Crippen molar-refractivity contribution in [3.05, 3.63) is 42.5 Å². The number of hydrogen-bond acceptors (Lipinski definition) is 5.